The van der Waals surface area contributed by atoms with Crippen molar-refractivity contribution in [3.63, 3.8) is 0 Å². The number of aromatic nitrogens is 2. The highest BCUT2D eigenvalue weighted by Crippen LogP contribution is 2.33. The van der Waals surface area contributed by atoms with Gasteiger partial charge in [-0.3, -0.25) is 0 Å². The minimum absolute atomic E-state index is 0.729. The molecule has 0 bridgehead atoms. The minimum atomic E-state index is 0.729. The summed E-state index contributed by atoms with van der Waals surface area (Å²) in [6.07, 6.45) is 2.82. The van der Waals surface area contributed by atoms with Gasteiger partial charge in [0.25, 0.3) is 0 Å². The summed E-state index contributed by atoms with van der Waals surface area (Å²) in [6.45, 7) is 0.915. The monoisotopic (exact) mass is 366 g/mol. The van der Waals surface area contributed by atoms with Gasteiger partial charge in [-0.2, -0.15) is 4.98 Å². The second-order valence-electron chi connectivity index (χ2n) is 5.38. The Labute approximate surface area is 143 Å². The molecule has 1 aliphatic heterocycles. The molecule has 0 saturated heterocycles. The van der Waals surface area contributed by atoms with Gasteiger partial charge >= 0.3 is 0 Å². The van der Waals surface area contributed by atoms with Crippen LogP contribution in [-0.2, 0) is 6.42 Å². The fraction of sp³-hybridized carbons (Fsp3) is 0.111. The Morgan fingerprint density at radius 3 is 2.74 bits per heavy atom. The third-order valence-electron chi connectivity index (χ3n) is 3.91. The summed E-state index contributed by atoms with van der Waals surface area (Å²) in [7, 11) is 0. The molecule has 0 atom stereocenters. The molecule has 114 valence electrons. The minimum Gasteiger partial charge on any atom is -0.339 e. The molecule has 0 radical (unpaired) electrons. The van der Waals surface area contributed by atoms with E-state index in [4.69, 9.17) is 0 Å². The molecule has 23 heavy (non-hydrogen) atoms. The molecule has 2 heterocycles. The maximum absolute atomic E-state index is 4.67. The van der Waals surface area contributed by atoms with Crippen molar-refractivity contribution in [1.29, 1.82) is 0 Å². The Bertz CT molecular complexity index is 850. The molecule has 0 unspecified atom stereocenters. The van der Waals surface area contributed by atoms with E-state index in [1.807, 2.05) is 30.3 Å². The van der Waals surface area contributed by atoms with Crippen molar-refractivity contribution in [1.82, 2.24) is 9.97 Å². The number of para-hydroxylation sites is 2. The van der Waals surface area contributed by atoms with Crippen LogP contribution in [0.15, 0.2) is 65.3 Å². The molecule has 1 aliphatic rings. The van der Waals surface area contributed by atoms with Crippen LogP contribution in [0.5, 0.6) is 0 Å². The van der Waals surface area contributed by atoms with Crippen molar-refractivity contribution < 1.29 is 0 Å². The molecule has 4 nitrogen and oxygen atoms in total. The maximum Gasteiger partial charge on any atom is 0.231 e. The standard InChI is InChI=1S/C18H15BrN4/c19-14-6-2-3-7-15(14)21-17-9-11-20-18(22-17)23-12-10-13-5-1-4-8-16(13)23/h1-9,11H,10,12H2,(H,20,21,22). The molecular formula is C18H15BrN4. The van der Waals surface area contributed by atoms with Crippen LogP contribution < -0.4 is 10.2 Å². The summed E-state index contributed by atoms with van der Waals surface area (Å²) >= 11 is 3.54. The Hall–Kier alpha value is -2.40. The average molecular weight is 367 g/mol. The lowest BCUT2D eigenvalue weighted by Gasteiger charge is -2.18. The van der Waals surface area contributed by atoms with Crippen molar-refractivity contribution in [2.45, 2.75) is 6.42 Å². The molecule has 3 aromatic rings. The van der Waals surface area contributed by atoms with E-state index in [0.29, 0.717) is 0 Å². The van der Waals surface area contributed by atoms with Crippen LogP contribution in [0, 0.1) is 0 Å². The largest absolute Gasteiger partial charge is 0.339 e. The second kappa shape index (κ2) is 6.01. The lowest BCUT2D eigenvalue weighted by atomic mass is 10.2. The van der Waals surface area contributed by atoms with E-state index < -0.39 is 0 Å². The number of nitrogens with one attached hydrogen (secondary N) is 1. The molecule has 1 N–H and O–H groups in total. The van der Waals surface area contributed by atoms with Gasteiger partial charge in [0.15, 0.2) is 0 Å². The van der Waals surface area contributed by atoms with Crippen molar-refractivity contribution in [2.75, 3.05) is 16.8 Å². The first kappa shape index (κ1) is 14.2. The highest BCUT2D eigenvalue weighted by Gasteiger charge is 2.21. The summed E-state index contributed by atoms with van der Waals surface area (Å²) in [4.78, 5) is 11.3. The number of rotatable bonds is 3. The fourth-order valence-corrected chi connectivity index (χ4v) is 3.18. The topological polar surface area (TPSA) is 41.1 Å². The number of fused-ring (bicyclic) bond motifs is 1. The van der Waals surface area contributed by atoms with Crippen LogP contribution in [0.3, 0.4) is 0 Å². The molecular weight excluding hydrogens is 352 g/mol. The summed E-state index contributed by atoms with van der Waals surface area (Å²) in [6, 6.07) is 18.3. The smallest absolute Gasteiger partial charge is 0.231 e. The van der Waals surface area contributed by atoms with Crippen molar-refractivity contribution in [2.24, 2.45) is 0 Å². The van der Waals surface area contributed by atoms with Gasteiger partial charge in [0.05, 0.1) is 5.69 Å². The Morgan fingerprint density at radius 2 is 1.83 bits per heavy atom. The zero-order chi connectivity index (χ0) is 15.6. The van der Waals surface area contributed by atoms with Crippen molar-refractivity contribution in [3.8, 4) is 0 Å². The van der Waals surface area contributed by atoms with E-state index in [2.05, 4.69) is 60.4 Å². The summed E-state index contributed by atoms with van der Waals surface area (Å²) in [5.41, 5.74) is 3.53. The van der Waals surface area contributed by atoms with Crippen LogP contribution in [0.2, 0.25) is 0 Å². The fourth-order valence-electron chi connectivity index (χ4n) is 2.79. The van der Waals surface area contributed by atoms with Crippen molar-refractivity contribution >= 4 is 39.1 Å². The number of hydrogen-bond acceptors (Lipinski definition) is 4. The van der Waals surface area contributed by atoms with Gasteiger partial charge in [-0.1, -0.05) is 30.3 Å². The third-order valence-corrected chi connectivity index (χ3v) is 4.60. The third kappa shape index (κ3) is 2.80. The van der Waals surface area contributed by atoms with Gasteiger partial charge in [0.2, 0.25) is 5.95 Å². The number of hydrogen-bond donors (Lipinski definition) is 1. The Kier molecular flexibility index (Phi) is 3.71. The van der Waals surface area contributed by atoms with E-state index in [-0.39, 0.29) is 0 Å². The lowest BCUT2D eigenvalue weighted by Crippen LogP contribution is -2.16. The van der Waals surface area contributed by atoms with E-state index in [1.54, 1.807) is 6.20 Å². The molecule has 0 aliphatic carbocycles. The molecule has 4 rings (SSSR count). The predicted molar refractivity (Wildman–Crippen MR) is 96.6 cm³/mol. The summed E-state index contributed by atoms with van der Waals surface area (Å²) in [5.74, 6) is 1.51. The quantitative estimate of drug-likeness (QED) is 0.730. The molecule has 5 heteroatoms. The highest BCUT2D eigenvalue weighted by atomic mass is 79.9. The first-order valence-electron chi connectivity index (χ1n) is 7.51. The van der Waals surface area contributed by atoms with Crippen molar-refractivity contribution in [3.05, 3.63) is 70.8 Å². The van der Waals surface area contributed by atoms with E-state index >= 15 is 0 Å². The number of benzene rings is 2. The molecule has 0 spiro atoms. The Morgan fingerprint density at radius 1 is 1.00 bits per heavy atom. The van der Waals surface area contributed by atoms with Crippen LogP contribution in [0.1, 0.15) is 5.56 Å². The van der Waals surface area contributed by atoms with E-state index in [0.717, 1.165) is 34.9 Å². The van der Waals surface area contributed by atoms with Gasteiger partial charge in [0, 0.05) is 22.9 Å². The maximum atomic E-state index is 4.67. The normalized spacial score (nSPS) is 13.0. The second-order valence-corrected chi connectivity index (χ2v) is 6.23. The zero-order valence-electron chi connectivity index (χ0n) is 12.4. The number of anilines is 4. The molecule has 2 aromatic carbocycles. The van der Waals surface area contributed by atoms with Crippen LogP contribution in [0.25, 0.3) is 0 Å². The highest BCUT2D eigenvalue weighted by molar-refractivity contribution is 9.10. The predicted octanol–water partition coefficient (Wildman–Crippen LogP) is 4.68. The molecule has 0 amide bonds. The first-order chi connectivity index (χ1) is 11.3. The van der Waals surface area contributed by atoms with Gasteiger partial charge < -0.3 is 10.2 Å². The van der Waals surface area contributed by atoms with Crippen LogP contribution >= 0.6 is 15.9 Å². The van der Waals surface area contributed by atoms with Crippen LogP contribution in [-0.4, -0.2) is 16.5 Å². The molecule has 0 saturated carbocycles. The first-order valence-corrected chi connectivity index (χ1v) is 8.30. The van der Waals surface area contributed by atoms with E-state index in [9.17, 15) is 0 Å². The number of halogens is 1. The summed E-state index contributed by atoms with van der Waals surface area (Å²) < 4.78 is 1.01. The average Bonchev–Trinajstić information content (AvgIpc) is 3.01. The molecule has 1 aromatic heterocycles. The number of nitrogens with zero attached hydrogens (tertiary/aromatic N) is 3. The zero-order valence-corrected chi connectivity index (χ0v) is 14.0. The van der Waals surface area contributed by atoms with Gasteiger partial charge in [-0.15, -0.1) is 0 Å². The molecule has 0 fully saturated rings. The van der Waals surface area contributed by atoms with Gasteiger partial charge in [-0.25, -0.2) is 4.98 Å². The van der Waals surface area contributed by atoms with Gasteiger partial charge in [0.1, 0.15) is 5.82 Å². The van der Waals surface area contributed by atoms with Gasteiger partial charge in [-0.05, 0) is 52.2 Å². The Balaban J connectivity index is 1.64. The SMILES string of the molecule is Brc1ccccc1Nc1ccnc(N2CCc3ccccc32)n1. The lowest BCUT2D eigenvalue weighted by molar-refractivity contribution is 0.941. The summed E-state index contributed by atoms with van der Waals surface area (Å²) in [5, 5.41) is 3.34. The van der Waals surface area contributed by atoms with E-state index in [1.165, 1.54) is 11.3 Å². The van der Waals surface area contributed by atoms with Crippen LogP contribution in [0.4, 0.5) is 23.1 Å².